The molecule has 0 bridgehead atoms. The number of phenols is 1. The molecule has 1 saturated heterocycles. The van der Waals surface area contributed by atoms with Gasteiger partial charge in [-0.3, -0.25) is 9.59 Å². The predicted octanol–water partition coefficient (Wildman–Crippen LogP) is 4.20. The van der Waals surface area contributed by atoms with Crippen molar-refractivity contribution >= 4 is 11.8 Å². The summed E-state index contributed by atoms with van der Waals surface area (Å²) >= 11 is 0. The maximum atomic E-state index is 13.0. The molecule has 1 aliphatic carbocycles. The van der Waals surface area contributed by atoms with E-state index in [0.29, 0.717) is 30.6 Å². The second kappa shape index (κ2) is 11.9. The molecule has 2 aliphatic rings. The minimum absolute atomic E-state index is 0.0692. The van der Waals surface area contributed by atoms with Gasteiger partial charge in [0.2, 0.25) is 11.8 Å². The molecule has 6 heteroatoms. The lowest BCUT2D eigenvalue weighted by Crippen LogP contribution is -2.48. The Morgan fingerprint density at radius 1 is 1.18 bits per heavy atom. The van der Waals surface area contributed by atoms with Gasteiger partial charge in [-0.2, -0.15) is 0 Å². The van der Waals surface area contributed by atoms with Crippen LogP contribution in [0.4, 0.5) is 0 Å². The molecule has 1 aromatic rings. The smallest absolute Gasteiger partial charge is 0.222 e. The number of benzene rings is 1. The van der Waals surface area contributed by atoms with Crippen molar-refractivity contribution < 1.29 is 14.7 Å². The van der Waals surface area contributed by atoms with Crippen molar-refractivity contribution in [2.75, 3.05) is 26.2 Å². The monoisotopic (exact) mass is 457 g/mol. The Kier molecular flexibility index (Phi) is 9.19. The van der Waals surface area contributed by atoms with Gasteiger partial charge in [0.15, 0.2) is 0 Å². The Hall–Kier alpha value is -2.08. The Morgan fingerprint density at radius 2 is 1.94 bits per heavy atom. The summed E-state index contributed by atoms with van der Waals surface area (Å²) in [5, 5.41) is 9.93. The number of amides is 2. The highest BCUT2D eigenvalue weighted by Gasteiger charge is 2.38. The fraction of sp³-hybridized carbons (Fsp3) is 0.704. The van der Waals surface area contributed by atoms with Gasteiger partial charge >= 0.3 is 0 Å². The molecule has 1 aliphatic heterocycles. The minimum atomic E-state index is -0.330. The van der Waals surface area contributed by atoms with Crippen molar-refractivity contribution in [3.63, 3.8) is 0 Å². The van der Waals surface area contributed by atoms with E-state index in [1.807, 2.05) is 12.1 Å². The van der Waals surface area contributed by atoms with Crippen LogP contribution in [0.1, 0.15) is 83.6 Å². The lowest BCUT2D eigenvalue weighted by Gasteiger charge is -2.45. The maximum absolute atomic E-state index is 13.0. The van der Waals surface area contributed by atoms with Crippen LogP contribution >= 0.6 is 0 Å². The van der Waals surface area contributed by atoms with Gasteiger partial charge in [-0.15, -0.1) is 0 Å². The van der Waals surface area contributed by atoms with Crippen molar-refractivity contribution in [2.45, 2.75) is 89.5 Å². The zero-order valence-electron chi connectivity index (χ0n) is 20.6. The van der Waals surface area contributed by atoms with E-state index in [1.165, 1.54) is 24.8 Å². The van der Waals surface area contributed by atoms with E-state index >= 15 is 0 Å². The molecule has 3 rings (SSSR count). The normalized spacial score (nSPS) is 24.5. The molecule has 0 radical (unpaired) electrons. The highest BCUT2D eigenvalue weighted by Crippen LogP contribution is 2.40. The summed E-state index contributed by atoms with van der Waals surface area (Å²) in [5.41, 5.74) is 6.54. The van der Waals surface area contributed by atoms with E-state index in [2.05, 4.69) is 29.7 Å². The predicted molar refractivity (Wildman–Crippen MR) is 132 cm³/mol. The molecular weight excluding hydrogens is 414 g/mol. The van der Waals surface area contributed by atoms with Crippen LogP contribution in [0.5, 0.6) is 5.75 Å². The first-order valence-electron chi connectivity index (χ1n) is 12.9. The first-order valence-corrected chi connectivity index (χ1v) is 12.9. The number of likely N-dealkylation sites (tertiary alicyclic amines) is 1. The van der Waals surface area contributed by atoms with Crippen LogP contribution in [0, 0.1) is 5.92 Å². The van der Waals surface area contributed by atoms with Gasteiger partial charge in [-0.1, -0.05) is 45.2 Å². The molecule has 0 aromatic heterocycles. The molecule has 1 heterocycles. The SMILES string of the molecule is CC1CN(CCCN(C(=O)CCCC(N)=O)C2CCCCC2)CCC1(C)c1cccc(O)c1. The molecule has 2 amide bonds. The number of piperidine rings is 1. The zero-order chi connectivity index (χ0) is 23.8. The van der Waals surface area contributed by atoms with Crippen LogP contribution in [0.15, 0.2) is 24.3 Å². The van der Waals surface area contributed by atoms with Crippen LogP contribution in [0.3, 0.4) is 0 Å². The van der Waals surface area contributed by atoms with Crippen molar-refractivity contribution in [3.05, 3.63) is 29.8 Å². The number of carbonyl (C=O) groups excluding carboxylic acids is 2. The largest absolute Gasteiger partial charge is 0.508 e. The van der Waals surface area contributed by atoms with E-state index in [4.69, 9.17) is 5.73 Å². The summed E-state index contributed by atoms with van der Waals surface area (Å²) in [4.78, 5) is 28.7. The minimum Gasteiger partial charge on any atom is -0.508 e. The summed E-state index contributed by atoms with van der Waals surface area (Å²) in [7, 11) is 0. The molecule has 1 saturated carbocycles. The molecule has 2 fully saturated rings. The summed E-state index contributed by atoms with van der Waals surface area (Å²) < 4.78 is 0. The Labute approximate surface area is 199 Å². The number of aromatic hydroxyl groups is 1. The fourth-order valence-electron chi connectivity index (χ4n) is 5.74. The van der Waals surface area contributed by atoms with Gasteiger partial charge in [0.05, 0.1) is 0 Å². The number of primary amides is 1. The average molecular weight is 458 g/mol. The summed E-state index contributed by atoms with van der Waals surface area (Å²) in [6.07, 6.45) is 9.17. The van der Waals surface area contributed by atoms with Crippen LogP contribution in [-0.2, 0) is 15.0 Å². The van der Waals surface area contributed by atoms with Crippen LogP contribution in [0.25, 0.3) is 0 Å². The first-order chi connectivity index (χ1) is 15.8. The lowest BCUT2D eigenvalue weighted by atomic mass is 9.68. The molecule has 0 spiro atoms. The second-order valence-corrected chi connectivity index (χ2v) is 10.5. The third-order valence-corrected chi connectivity index (χ3v) is 8.10. The second-order valence-electron chi connectivity index (χ2n) is 10.5. The fourth-order valence-corrected chi connectivity index (χ4v) is 5.74. The van der Waals surface area contributed by atoms with E-state index in [0.717, 1.165) is 51.9 Å². The van der Waals surface area contributed by atoms with E-state index < -0.39 is 0 Å². The Morgan fingerprint density at radius 3 is 2.61 bits per heavy atom. The number of phenolic OH excluding ortho intramolecular Hbond substituents is 1. The summed E-state index contributed by atoms with van der Waals surface area (Å²) in [6, 6.07) is 8.08. The number of hydrogen-bond donors (Lipinski definition) is 2. The standard InChI is InChI=1S/C27H43N3O3/c1-21-20-29(18-15-27(21,2)22-9-6-12-24(31)19-22)16-8-17-30(23-10-4-3-5-11-23)26(33)14-7-13-25(28)32/h6,9,12,19,21,23,31H,3-5,7-8,10-11,13-18,20H2,1-2H3,(H2,28,32). The molecule has 2 unspecified atom stereocenters. The van der Waals surface area contributed by atoms with Crippen molar-refractivity contribution in [1.29, 1.82) is 0 Å². The Bertz CT molecular complexity index is 793. The lowest BCUT2D eigenvalue weighted by molar-refractivity contribution is -0.134. The van der Waals surface area contributed by atoms with Crippen LogP contribution in [-0.4, -0.2) is 58.9 Å². The zero-order valence-corrected chi connectivity index (χ0v) is 20.6. The van der Waals surface area contributed by atoms with Crippen LogP contribution < -0.4 is 5.73 Å². The molecular formula is C27H43N3O3. The topological polar surface area (TPSA) is 86.9 Å². The molecule has 1 aromatic carbocycles. The summed E-state index contributed by atoms with van der Waals surface area (Å²) in [6.45, 7) is 8.49. The number of rotatable bonds is 10. The van der Waals surface area contributed by atoms with Gasteiger partial charge < -0.3 is 20.6 Å². The molecule has 6 nitrogen and oxygen atoms in total. The first kappa shape index (κ1) is 25.5. The Balaban J connectivity index is 1.52. The van der Waals surface area contributed by atoms with E-state index in [1.54, 1.807) is 6.07 Å². The van der Waals surface area contributed by atoms with Gasteiger partial charge in [0, 0.05) is 32.0 Å². The maximum Gasteiger partial charge on any atom is 0.222 e. The van der Waals surface area contributed by atoms with Gasteiger partial charge in [-0.25, -0.2) is 0 Å². The molecule has 33 heavy (non-hydrogen) atoms. The third-order valence-electron chi connectivity index (χ3n) is 8.10. The third kappa shape index (κ3) is 6.95. The van der Waals surface area contributed by atoms with Gasteiger partial charge in [-0.05, 0) is 74.2 Å². The number of hydrogen-bond acceptors (Lipinski definition) is 4. The highest BCUT2D eigenvalue weighted by atomic mass is 16.3. The number of nitrogens with two attached hydrogens (primary N) is 1. The van der Waals surface area contributed by atoms with Gasteiger partial charge in [0.25, 0.3) is 0 Å². The van der Waals surface area contributed by atoms with Gasteiger partial charge in [0.1, 0.15) is 5.75 Å². The highest BCUT2D eigenvalue weighted by molar-refractivity contribution is 5.78. The number of nitrogens with zero attached hydrogens (tertiary/aromatic N) is 2. The van der Waals surface area contributed by atoms with E-state index in [9.17, 15) is 14.7 Å². The van der Waals surface area contributed by atoms with Crippen molar-refractivity contribution in [3.8, 4) is 5.75 Å². The molecule has 3 N–H and O–H groups in total. The average Bonchev–Trinajstić information content (AvgIpc) is 2.79. The molecule has 184 valence electrons. The quantitative estimate of drug-likeness (QED) is 0.551. The number of carbonyl (C=O) groups is 2. The van der Waals surface area contributed by atoms with Crippen molar-refractivity contribution in [2.24, 2.45) is 11.7 Å². The van der Waals surface area contributed by atoms with Crippen molar-refractivity contribution in [1.82, 2.24) is 9.80 Å². The van der Waals surface area contributed by atoms with Crippen LogP contribution in [0.2, 0.25) is 0 Å². The van der Waals surface area contributed by atoms with E-state index in [-0.39, 0.29) is 23.7 Å². The molecule has 2 atom stereocenters. The summed E-state index contributed by atoms with van der Waals surface area (Å²) in [5.74, 6) is 0.681.